The van der Waals surface area contributed by atoms with Crippen molar-refractivity contribution in [3.63, 3.8) is 0 Å². The number of carbonyl (C=O) groups is 1. The summed E-state index contributed by atoms with van der Waals surface area (Å²) in [4.78, 5) is 12.2. The molecule has 1 amide bonds. The zero-order chi connectivity index (χ0) is 20.2. The van der Waals surface area contributed by atoms with E-state index in [0.717, 1.165) is 10.9 Å². The molecule has 27 heavy (non-hydrogen) atoms. The largest absolute Gasteiger partial charge is 0.491 e. The van der Waals surface area contributed by atoms with Crippen molar-refractivity contribution in [2.24, 2.45) is 0 Å². The van der Waals surface area contributed by atoms with Gasteiger partial charge in [0.2, 0.25) is 0 Å². The van der Waals surface area contributed by atoms with E-state index in [-0.39, 0.29) is 19.2 Å². The summed E-state index contributed by atoms with van der Waals surface area (Å²) in [5, 5.41) is 16.2. The van der Waals surface area contributed by atoms with Crippen molar-refractivity contribution in [2.75, 3.05) is 6.54 Å². The molecule has 1 atom stereocenters. The summed E-state index contributed by atoms with van der Waals surface area (Å²) in [6, 6.07) is 6.67. The monoisotopic (exact) mass is 385 g/mol. The number of rotatable bonds is 7. The first kappa shape index (κ1) is 20.8. The summed E-state index contributed by atoms with van der Waals surface area (Å²) >= 11 is 0. The Bertz CT molecular complexity index is 788. The summed E-state index contributed by atoms with van der Waals surface area (Å²) in [7, 11) is 0. The molecule has 2 rings (SSSR count). The molecule has 1 heterocycles. The Morgan fingerprint density at radius 1 is 1.37 bits per heavy atom. The molecule has 0 spiro atoms. The average Bonchev–Trinajstić information content (AvgIpc) is 3.03. The second kappa shape index (κ2) is 8.43. The molecule has 0 aliphatic carbocycles. The number of ether oxygens (including phenoxy) is 1. The predicted molar refractivity (Wildman–Crippen MR) is 92.4 cm³/mol. The minimum absolute atomic E-state index is 0.0204. The van der Waals surface area contributed by atoms with Crippen LogP contribution in [0.2, 0.25) is 0 Å². The SMILES string of the molecule is CCn1ncc(C(=O)NCC(O)c2cccc(OC(C)C)c2)c1C(F)(F)F. The standard InChI is InChI=1S/C18H22F3N3O3/c1-4-24-16(18(19,20)21)14(9-23-24)17(26)22-10-15(25)12-6-5-7-13(8-12)27-11(2)3/h5-9,11,15,25H,4,10H2,1-3H3,(H,22,26). The van der Waals surface area contributed by atoms with Gasteiger partial charge in [-0.25, -0.2) is 0 Å². The number of halogens is 3. The molecule has 1 unspecified atom stereocenters. The van der Waals surface area contributed by atoms with Crippen LogP contribution in [-0.4, -0.2) is 33.4 Å². The number of hydrogen-bond donors (Lipinski definition) is 2. The topological polar surface area (TPSA) is 76.4 Å². The molecule has 0 aliphatic rings. The molecule has 0 fully saturated rings. The molecule has 0 radical (unpaired) electrons. The number of alkyl halides is 3. The van der Waals surface area contributed by atoms with E-state index in [1.165, 1.54) is 6.92 Å². The number of aryl methyl sites for hydroxylation is 1. The van der Waals surface area contributed by atoms with Crippen LogP contribution in [0.3, 0.4) is 0 Å². The van der Waals surface area contributed by atoms with Gasteiger partial charge in [0.05, 0.1) is 24.0 Å². The summed E-state index contributed by atoms with van der Waals surface area (Å²) in [5.74, 6) is -0.396. The highest BCUT2D eigenvalue weighted by molar-refractivity contribution is 5.95. The van der Waals surface area contributed by atoms with Crippen molar-refractivity contribution >= 4 is 5.91 Å². The molecule has 148 valence electrons. The molecule has 2 N–H and O–H groups in total. The van der Waals surface area contributed by atoms with Crippen molar-refractivity contribution in [1.29, 1.82) is 0 Å². The molecule has 6 nitrogen and oxygen atoms in total. The predicted octanol–water partition coefficient (Wildman–Crippen LogP) is 3.17. The van der Waals surface area contributed by atoms with Crippen molar-refractivity contribution < 1.29 is 27.8 Å². The maximum Gasteiger partial charge on any atom is 0.433 e. The summed E-state index contributed by atoms with van der Waals surface area (Å²) < 4.78 is 45.8. The number of aliphatic hydroxyl groups excluding tert-OH is 1. The van der Waals surface area contributed by atoms with Crippen LogP contribution in [0.5, 0.6) is 5.75 Å². The maximum atomic E-state index is 13.2. The summed E-state index contributed by atoms with van der Waals surface area (Å²) in [6.45, 7) is 4.95. The lowest BCUT2D eigenvalue weighted by molar-refractivity contribution is -0.144. The number of nitrogens with zero attached hydrogens (tertiary/aromatic N) is 2. The fraction of sp³-hybridized carbons (Fsp3) is 0.444. The average molecular weight is 385 g/mol. The van der Waals surface area contributed by atoms with Crippen LogP contribution in [0.15, 0.2) is 30.5 Å². The van der Waals surface area contributed by atoms with Gasteiger partial charge in [-0.15, -0.1) is 0 Å². The van der Waals surface area contributed by atoms with E-state index in [1.54, 1.807) is 24.3 Å². The zero-order valence-electron chi connectivity index (χ0n) is 15.2. The zero-order valence-corrected chi connectivity index (χ0v) is 15.2. The highest BCUT2D eigenvalue weighted by Crippen LogP contribution is 2.32. The van der Waals surface area contributed by atoms with Crippen LogP contribution in [0.4, 0.5) is 13.2 Å². The van der Waals surface area contributed by atoms with E-state index in [0.29, 0.717) is 11.3 Å². The van der Waals surface area contributed by atoms with Crippen LogP contribution in [-0.2, 0) is 12.7 Å². The third-order valence-corrected chi connectivity index (χ3v) is 3.72. The normalized spacial score (nSPS) is 12.9. The molecule has 0 bridgehead atoms. The van der Waals surface area contributed by atoms with E-state index in [1.807, 2.05) is 13.8 Å². The Morgan fingerprint density at radius 2 is 2.07 bits per heavy atom. The van der Waals surface area contributed by atoms with E-state index in [2.05, 4.69) is 10.4 Å². The first-order valence-electron chi connectivity index (χ1n) is 8.49. The smallest absolute Gasteiger partial charge is 0.433 e. The van der Waals surface area contributed by atoms with Crippen molar-refractivity contribution in [1.82, 2.24) is 15.1 Å². The minimum Gasteiger partial charge on any atom is -0.491 e. The number of carbonyl (C=O) groups excluding carboxylic acids is 1. The lowest BCUT2D eigenvalue weighted by atomic mass is 10.1. The molecule has 1 aromatic heterocycles. The van der Waals surface area contributed by atoms with Gasteiger partial charge in [0.15, 0.2) is 5.69 Å². The van der Waals surface area contributed by atoms with E-state index in [4.69, 9.17) is 4.74 Å². The number of nitrogens with one attached hydrogen (secondary N) is 1. The van der Waals surface area contributed by atoms with Crippen LogP contribution in [0.1, 0.15) is 48.5 Å². The Labute approximate surface area is 154 Å². The Morgan fingerprint density at radius 3 is 2.67 bits per heavy atom. The van der Waals surface area contributed by atoms with E-state index >= 15 is 0 Å². The van der Waals surface area contributed by atoms with E-state index < -0.39 is 29.4 Å². The van der Waals surface area contributed by atoms with Gasteiger partial charge in [0.25, 0.3) is 5.91 Å². The summed E-state index contributed by atoms with van der Waals surface area (Å²) in [5.41, 5.74) is -1.20. The van der Waals surface area contributed by atoms with Crippen LogP contribution >= 0.6 is 0 Å². The van der Waals surface area contributed by atoms with Gasteiger partial charge in [0.1, 0.15) is 5.75 Å². The quantitative estimate of drug-likeness (QED) is 0.768. The lowest BCUT2D eigenvalue weighted by Gasteiger charge is -2.15. The van der Waals surface area contributed by atoms with Crippen LogP contribution in [0.25, 0.3) is 0 Å². The van der Waals surface area contributed by atoms with Gasteiger partial charge < -0.3 is 15.2 Å². The van der Waals surface area contributed by atoms with Crippen LogP contribution in [0, 0.1) is 0 Å². The summed E-state index contributed by atoms with van der Waals surface area (Å²) in [6.07, 6.45) is -4.97. The van der Waals surface area contributed by atoms with Crippen molar-refractivity contribution in [3.8, 4) is 5.75 Å². The van der Waals surface area contributed by atoms with E-state index in [9.17, 15) is 23.1 Å². The number of aromatic nitrogens is 2. The highest BCUT2D eigenvalue weighted by atomic mass is 19.4. The fourth-order valence-corrected chi connectivity index (χ4v) is 2.56. The number of aliphatic hydroxyl groups is 1. The van der Waals surface area contributed by atoms with Gasteiger partial charge in [-0.05, 0) is 38.5 Å². The third-order valence-electron chi connectivity index (χ3n) is 3.72. The molecule has 1 aromatic carbocycles. The Balaban J connectivity index is 2.09. The third kappa shape index (κ3) is 5.22. The molecule has 0 aliphatic heterocycles. The molecular weight excluding hydrogens is 363 g/mol. The van der Waals surface area contributed by atoms with Gasteiger partial charge in [-0.2, -0.15) is 18.3 Å². The molecule has 0 saturated carbocycles. The molecule has 0 saturated heterocycles. The minimum atomic E-state index is -4.71. The second-order valence-corrected chi connectivity index (χ2v) is 6.19. The molecule has 9 heteroatoms. The van der Waals surface area contributed by atoms with Crippen molar-refractivity contribution in [2.45, 2.75) is 45.7 Å². The highest BCUT2D eigenvalue weighted by Gasteiger charge is 2.39. The molecular formula is C18H22F3N3O3. The molecule has 2 aromatic rings. The lowest BCUT2D eigenvalue weighted by Crippen LogP contribution is -2.30. The van der Waals surface area contributed by atoms with Crippen molar-refractivity contribution in [3.05, 3.63) is 47.3 Å². The van der Waals surface area contributed by atoms with Gasteiger partial charge in [-0.3, -0.25) is 9.48 Å². The van der Waals surface area contributed by atoms with Gasteiger partial charge in [0, 0.05) is 13.1 Å². The second-order valence-electron chi connectivity index (χ2n) is 6.19. The van der Waals surface area contributed by atoms with Crippen LogP contribution < -0.4 is 10.1 Å². The maximum absolute atomic E-state index is 13.2. The number of hydrogen-bond acceptors (Lipinski definition) is 4. The van der Waals surface area contributed by atoms with Gasteiger partial charge in [-0.1, -0.05) is 12.1 Å². The Kier molecular flexibility index (Phi) is 6.48. The Hall–Kier alpha value is -2.55. The number of amides is 1. The fourth-order valence-electron chi connectivity index (χ4n) is 2.56. The first-order chi connectivity index (χ1) is 12.6. The first-order valence-corrected chi connectivity index (χ1v) is 8.49. The van der Waals surface area contributed by atoms with Gasteiger partial charge >= 0.3 is 6.18 Å². The number of benzene rings is 1.